The molecule has 0 fully saturated rings. The van der Waals surface area contributed by atoms with Gasteiger partial charge in [-0.2, -0.15) is 0 Å². The second-order valence-corrected chi connectivity index (χ2v) is 2.18. The van der Waals surface area contributed by atoms with Crippen LogP contribution in [-0.2, 0) is 0 Å². The molecule has 0 radical (unpaired) electrons. The van der Waals surface area contributed by atoms with Crippen molar-refractivity contribution in [1.29, 1.82) is 0 Å². The lowest BCUT2D eigenvalue weighted by molar-refractivity contribution is 0.111. The van der Waals surface area contributed by atoms with E-state index in [1.54, 1.807) is 24.3 Å². The standard InChI is InChI=1S/C8H6O2.CH2O3/c9-5-7-1-2-8(6-10)4-3-7;2-1(3)4/h1-6H;(H2,2,3,4). The molecule has 0 aromatic heterocycles. The fraction of sp³-hybridized carbons (Fsp3) is 0. The summed E-state index contributed by atoms with van der Waals surface area (Å²) in [6.45, 7) is 0. The van der Waals surface area contributed by atoms with Crippen LogP contribution in [0, 0.1) is 0 Å². The molecule has 1 aromatic carbocycles. The maximum Gasteiger partial charge on any atom is 0.503 e. The van der Waals surface area contributed by atoms with E-state index in [2.05, 4.69) is 0 Å². The fourth-order valence-electron chi connectivity index (χ4n) is 0.653. The average Bonchev–Trinajstić information content (AvgIpc) is 2.17. The largest absolute Gasteiger partial charge is 0.503 e. The lowest BCUT2D eigenvalue weighted by atomic mass is 10.2. The van der Waals surface area contributed by atoms with Gasteiger partial charge in [-0.05, 0) is 0 Å². The molecular formula is C9H8O5. The van der Waals surface area contributed by atoms with Gasteiger partial charge in [-0.1, -0.05) is 24.3 Å². The van der Waals surface area contributed by atoms with Gasteiger partial charge in [-0.25, -0.2) is 4.79 Å². The number of carboxylic acid groups (broad SMARTS) is 2. The summed E-state index contributed by atoms with van der Waals surface area (Å²) in [5.41, 5.74) is 1.18. The van der Waals surface area contributed by atoms with Gasteiger partial charge in [-0.15, -0.1) is 0 Å². The van der Waals surface area contributed by atoms with E-state index in [4.69, 9.17) is 15.0 Å². The Bertz CT molecular complexity index is 283. The van der Waals surface area contributed by atoms with Gasteiger partial charge in [0.25, 0.3) is 0 Å². The van der Waals surface area contributed by atoms with E-state index in [1.165, 1.54) is 0 Å². The molecule has 0 saturated heterocycles. The molecule has 0 aliphatic rings. The molecule has 0 spiro atoms. The van der Waals surface area contributed by atoms with Crippen LogP contribution in [0.5, 0.6) is 0 Å². The highest BCUT2D eigenvalue weighted by Crippen LogP contribution is 1.98. The maximum atomic E-state index is 10.1. The molecule has 0 heterocycles. The quantitative estimate of drug-likeness (QED) is 0.700. The van der Waals surface area contributed by atoms with Crippen LogP contribution in [0.25, 0.3) is 0 Å². The Hall–Kier alpha value is -2.17. The Morgan fingerprint density at radius 1 is 0.929 bits per heavy atom. The zero-order valence-electron chi connectivity index (χ0n) is 7.08. The zero-order chi connectivity index (χ0) is 11.0. The number of carbonyl (C=O) groups is 3. The number of hydrogen-bond acceptors (Lipinski definition) is 3. The van der Waals surface area contributed by atoms with Gasteiger partial charge in [0, 0.05) is 11.1 Å². The van der Waals surface area contributed by atoms with Crippen molar-refractivity contribution in [3.63, 3.8) is 0 Å². The van der Waals surface area contributed by atoms with Gasteiger partial charge >= 0.3 is 6.16 Å². The Labute approximate surface area is 79.6 Å². The van der Waals surface area contributed by atoms with E-state index >= 15 is 0 Å². The van der Waals surface area contributed by atoms with E-state index < -0.39 is 6.16 Å². The molecule has 0 unspecified atom stereocenters. The van der Waals surface area contributed by atoms with Crippen molar-refractivity contribution in [2.75, 3.05) is 0 Å². The third-order valence-corrected chi connectivity index (χ3v) is 1.21. The first-order chi connectivity index (χ1) is 6.60. The van der Waals surface area contributed by atoms with Gasteiger partial charge in [0.2, 0.25) is 0 Å². The second-order valence-electron chi connectivity index (χ2n) is 2.18. The topological polar surface area (TPSA) is 91.7 Å². The first-order valence-electron chi connectivity index (χ1n) is 3.52. The molecule has 14 heavy (non-hydrogen) atoms. The number of carbonyl (C=O) groups excluding carboxylic acids is 2. The van der Waals surface area contributed by atoms with E-state index in [1.807, 2.05) is 0 Å². The molecule has 74 valence electrons. The Morgan fingerprint density at radius 3 is 1.29 bits per heavy atom. The highest BCUT2D eigenvalue weighted by atomic mass is 16.6. The third-order valence-electron chi connectivity index (χ3n) is 1.21. The summed E-state index contributed by atoms with van der Waals surface area (Å²) in [6.07, 6.45) is -0.344. The van der Waals surface area contributed by atoms with Crippen LogP contribution in [-0.4, -0.2) is 28.9 Å². The lowest BCUT2D eigenvalue weighted by Crippen LogP contribution is -1.81. The minimum Gasteiger partial charge on any atom is -0.450 e. The van der Waals surface area contributed by atoms with E-state index in [0.29, 0.717) is 11.1 Å². The van der Waals surface area contributed by atoms with E-state index in [-0.39, 0.29) is 0 Å². The Kier molecular flexibility index (Phi) is 5.37. The van der Waals surface area contributed by atoms with Crippen LogP contribution in [0.2, 0.25) is 0 Å². The second kappa shape index (κ2) is 6.36. The van der Waals surface area contributed by atoms with Crippen molar-refractivity contribution in [1.82, 2.24) is 0 Å². The highest BCUT2D eigenvalue weighted by molar-refractivity contribution is 5.79. The predicted molar refractivity (Wildman–Crippen MR) is 47.9 cm³/mol. The van der Waals surface area contributed by atoms with Gasteiger partial charge in [0.1, 0.15) is 12.6 Å². The molecule has 1 aromatic rings. The molecule has 0 atom stereocenters. The van der Waals surface area contributed by atoms with Crippen LogP contribution in [0.4, 0.5) is 4.79 Å². The predicted octanol–water partition coefficient (Wildman–Crippen LogP) is 1.53. The molecular weight excluding hydrogens is 188 g/mol. The van der Waals surface area contributed by atoms with Crippen molar-refractivity contribution in [3.8, 4) is 0 Å². The lowest BCUT2D eigenvalue weighted by Gasteiger charge is -1.88. The van der Waals surface area contributed by atoms with Crippen LogP contribution in [0.3, 0.4) is 0 Å². The highest BCUT2D eigenvalue weighted by Gasteiger charge is 1.88. The van der Waals surface area contributed by atoms with Gasteiger partial charge < -0.3 is 10.2 Å². The summed E-state index contributed by atoms with van der Waals surface area (Å²) in [6, 6.07) is 6.43. The first kappa shape index (κ1) is 11.8. The first-order valence-corrected chi connectivity index (χ1v) is 3.52. The minimum atomic E-state index is -1.83. The summed E-state index contributed by atoms with van der Waals surface area (Å²) >= 11 is 0. The Morgan fingerprint density at radius 2 is 1.14 bits per heavy atom. The monoisotopic (exact) mass is 196 g/mol. The maximum absolute atomic E-state index is 10.1. The summed E-state index contributed by atoms with van der Waals surface area (Å²) in [5, 5.41) is 13.9. The van der Waals surface area contributed by atoms with Gasteiger partial charge in [0.05, 0.1) is 0 Å². The van der Waals surface area contributed by atoms with Crippen LogP contribution < -0.4 is 0 Å². The molecule has 0 bridgehead atoms. The zero-order valence-corrected chi connectivity index (χ0v) is 7.08. The molecule has 2 N–H and O–H groups in total. The van der Waals surface area contributed by atoms with Crippen LogP contribution in [0.1, 0.15) is 20.7 Å². The number of benzene rings is 1. The van der Waals surface area contributed by atoms with E-state index in [0.717, 1.165) is 12.6 Å². The summed E-state index contributed by atoms with van der Waals surface area (Å²) in [5.74, 6) is 0. The number of aldehydes is 2. The molecule has 0 amide bonds. The van der Waals surface area contributed by atoms with E-state index in [9.17, 15) is 9.59 Å². The summed E-state index contributed by atoms with van der Waals surface area (Å²) < 4.78 is 0. The van der Waals surface area contributed by atoms with Crippen LogP contribution >= 0.6 is 0 Å². The Balaban J connectivity index is 0.000000364. The normalized spacial score (nSPS) is 8.00. The molecule has 0 aliphatic carbocycles. The smallest absolute Gasteiger partial charge is 0.450 e. The molecule has 5 heteroatoms. The van der Waals surface area contributed by atoms with Crippen molar-refractivity contribution < 1.29 is 24.6 Å². The summed E-state index contributed by atoms with van der Waals surface area (Å²) in [4.78, 5) is 28.8. The van der Waals surface area contributed by atoms with Crippen molar-refractivity contribution in [2.45, 2.75) is 0 Å². The summed E-state index contributed by atoms with van der Waals surface area (Å²) in [7, 11) is 0. The van der Waals surface area contributed by atoms with Gasteiger partial charge in [-0.3, -0.25) is 9.59 Å². The van der Waals surface area contributed by atoms with Crippen molar-refractivity contribution >= 4 is 18.7 Å². The fourth-order valence-corrected chi connectivity index (χ4v) is 0.653. The van der Waals surface area contributed by atoms with Gasteiger partial charge in [0.15, 0.2) is 0 Å². The van der Waals surface area contributed by atoms with Crippen molar-refractivity contribution in [2.24, 2.45) is 0 Å². The number of hydrogen-bond donors (Lipinski definition) is 2. The average molecular weight is 196 g/mol. The molecule has 1 rings (SSSR count). The minimum absolute atomic E-state index is 0.589. The number of rotatable bonds is 2. The molecule has 0 aliphatic heterocycles. The third kappa shape index (κ3) is 5.48. The molecule has 0 saturated carbocycles. The molecule has 5 nitrogen and oxygen atoms in total. The van der Waals surface area contributed by atoms with Crippen LogP contribution in [0.15, 0.2) is 24.3 Å². The van der Waals surface area contributed by atoms with Crippen molar-refractivity contribution in [3.05, 3.63) is 35.4 Å². The SMILES string of the molecule is O=C(O)O.O=Cc1ccc(C=O)cc1.